The largest absolute Gasteiger partial charge is 0.472 e. The molecule has 0 bridgehead atoms. The zero-order chi connectivity index (χ0) is 9.80. The van der Waals surface area contributed by atoms with E-state index in [1.165, 1.54) is 5.57 Å². The van der Waals surface area contributed by atoms with Crippen molar-refractivity contribution in [3.8, 4) is 0 Å². The monoisotopic (exact) mass is 190 g/mol. The minimum Gasteiger partial charge on any atom is -0.472 e. The number of ether oxygens (including phenoxy) is 1. The zero-order valence-corrected chi connectivity index (χ0v) is 8.11. The van der Waals surface area contributed by atoms with Crippen molar-refractivity contribution in [3.05, 3.63) is 48.5 Å². The molecule has 0 N–H and O–H groups in total. The topological polar surface area (TPSA) is 22.4 Å². The van der Waals surface area contributed by atoms with Gasteiger partial charge in [-0.15, -0.1) is 0 Å². The summed E-state index contributed by atoms with van der Waals surface area (Å²) in [5, 5.41) is 0. The molecule has 14 heavy (non-hydrogen) atoms. The number of allylic oxidation sites excluding steroid dienone is 1. The van der Waals surface area contributed by atoms with Crippen molar-refractivity contribution in [2.45, 2.75) is 18.9 Å². The lowest BCUT2D eigenvalue weighted by atomic mass is 10.1. The van der Waals surface area contributed by atoms with Crippen LogP contribution in [0.1, 0.15) is 24.5 Å². The Morgan fingerprint density at radius 3 is 3.14 bits per heavy atom. The lowest BCUT2D eigenvalue weighted by Gasteiger charge is -2.12. The molecule has 74 valence electrons. The molecule has 0 radical (unpaired) electrons. The number of hydrogen-bond acceptors (Lipinski definition) is 2. The van der Waals surface area contributed by atoms with Crippen LogP contribution in [0.5, 0.6) is 0 Å². The van der Waals surface area contributed by atoms with Gasteiger partial charge in [-0.25, -0.2) is 0 Å². The molecule has 1 aliphatic heterocycles. The van der Waals surface area contributed by atoms with E-state index in [2.05, 4.69) is 12.7 Å². The van der Waals surface area contributed by atoms with Crippen LogP contribution >= 0.6 is 0 Å². The second-order valence-electron chi connectivity index (χ2n) is 3.42. The summed E-state index contributed by atoms with van der Waals surface area (Å²) in [6, 6.07) is 1.96. The third-order valence-electron chi connectivity index (χ3n) is 2.46. The van der Waals surface area contributed by atoms with Crippen LogP contribution in [0.25, 0.3) is 0 Å². The summed E-state index contributed by atoms with van der Waals surface area (Å²) >= 11 is 0. The summed E-state index contributed by atoms with van der Waals surface area (Å²) < 4.78 is 10.8. The molecule has 2 nitrogen and oxygen atoms in total. The highest BCUT2D eigenvalue weighted by Crippen LogP contribution is 2.26. The Morgan fingerprint density at radius 1 is 1.50 bits per heavy atom. The predicted octanol–water partition coefficient (Wildman–Crippen LogP) is 3.24. The van der Waals surface area contributed by atoms with Crippen LogP contribution in [0.3, 0.4) is 0 Å². The zero-order valence-electron chi connectivity index (χ0n) is 8.11. The molecule has 0 aliphatic carbocycles. The summed E-state index contributed by atoms with van der Waals surface area (Å²) in [6.45, 7) is 4.40. The van der Waals surface area contributed by atoms with Gasteiger partial charge in [0.25, 0.3) is 0 Å². The van der Waals surface area contributed by atoms with Crippen molar-refractivity contribution in [2.75, 3.05) is 6.61 Å². The van der Waals surface area contributed by atoms with Crippen LogP contribution in [0.15, 0.2) is 47.3 Å². The van der Waals surface area contributed by atoms with Gasteiger partial charge in [0.2, 0.25) is 0 Å². The third-order valence-corrected chi connectivity index (χ3v) is 2.46. The highest BCUT2D eigenvalue weighted by Gasteiger charge is 2.15. The van der Waals surface area contributed by atoms with Gasteiger partial charge in [-0.1, -0.05) is 18.7 Å². The number of hydrogen-bond donors (Lipinski definition) is 0. The molecule has 0 spiro atoms. The van der Waals surface area contributed by atoms with Crippen LogP contribution in [0, 0.1) is 0 Å². The van der Waals surface area contributed by atoms with E-state index in [9.17, 15) is 0 Å². The van der Waals surface area contributed by atoms with Gasteiger partial charge in [0, 0.05) is 5.56 Å². The first kappa shape index (κ1) is 9.28. The van der Waals surface area contributed by atoms with Crippen molar-refractivity contribution < 1.29 is 9.15 Å². The van der Waals surface area contributed by atoms with E-state index in [1.807, 2.05) is 12.1 Å². The van der Waals surface area contributed by atoms with E-state index in [4.69, 9.17) is 9.15 Å². The van der Waals surface area contributed by atoms with Crippen molar-refractivity contribution >= 4 is 0 Å². The fourth-order valence-electron chi connectivity index (χ4n) is 1.62. The van der Waals surface area contributed by atoms with Crippen molar-refractivity contribution in [3.63, 3.8) is 0 Å². The molecule has 2 rings (SSSR count). The van der Waals surface area contributed by atoms with E-state index < -0.39 is 0 Å². The van der Waals surface area contributed by atoms with Gasteiger partial charge in [-0.05, 0) is 24.5 Å². The van der Waals surface area contributed by atoms with Gasteiger partial charge in [-0.2, -0.15) is 0 Å². The van der Waals surface area contributed by atoms with Crippen LogP contribution < -0.4 is 0 Å². The normalized spacial score (nSPS) is 22.6. The van der Waals surface area contributed by atoms with Gasteiger partial charge in [0.15, 0.2) is 0 Å². The average Bonchev–Trinajstić information content (AvgIpc) is 2.63. The molecular weight excluding hydrogens is 176 g/mol. The van der Waals surface area contributed by atoms with Crippen molar-refractivity contribution in [1.82, 2.24) is 0 Å². The quantitative estimate of drug-likeness (QED) is 0.714. The molecule has 0 aromatic carbocycles. The van der Waals surface area contributed by atoms with E-state index in [0.29, 0.717) is 6.61 Å². The number of furan rings is 1. The molecule has 1 aromatic rings. The van der Waals surface area contributed by atoms with E-state index in [0.717, 1.165) is 18.4 Å². The van der Waals surface area contributed by atoms with Gasteiger partial charge in [0.1, 0.15) is 0 Å². The Balaban J connectivity index is 2.03. The van der Waals surface area contributed by atoms with Gasteiger partial charge >= 0.3 is 0 Å². The van der Waals surface area contributed by atoms with E-state index in [-0.39, 0.29) is 6.10 Å². The van der Waals surface area contributed by atoms with Gasteiger partial charge in [-0.3, -0.25) is 0 Å². The van der Waals surface area contributed by atoms with Crippen LogP contribution in [-0.2, 0) is 4.74 Å². The van der Waals surface area contributed by atoms with Crippen LogP contribution in [0.4, 0.5) is 0 Å². The molecule has 1 aliphatic rings. The van der Waals surface area contributed by atoms with Gasteiger partial charge < -0.3 is 9.15 Å². The second-order valence-corrected chi connectivity index (χ2v) is 3.42. The molecule has 0 amide bonds. The molecule has 0 saturated carbocycles. The van der Waals surface area contributed by atoms with E-state index in [1.54, 1.807) is 12.5 Å². The van der Waals surface area contributed by atoms with E-state index >= 15 is 0 Å². The Kier molecular flexibility index (Phi) is 2.84. The first-order valence-corrected chi connectivity index (χ1v) is 4.85. The molecule has 2 heteroatoms. The Morgan fingerprint density at radius 2 is 2.43 bits per heavy atom. The minimum atomic E-state index is 0.169. The number of rotatable bonds is 2. The maximum absolute atomic E-state index is 5.75. The third kappa shape index (κ3) is 1.96. The highest BCUT2D eigenvalue weighted by atomic mass is 16.5. The maximum atomic E-state index is 5.75. The average molecular weight is 190 g/mol. The standard InChI is InChI=1S/C12H14O2/c1-2-10-4-3-5-12(14-8-10)11-6-7-13-9-11/h2,4,6-7,9,12H,1,3,5,8H2. The molecule has 0 saturated heterocycles. The first-order valence-electron chi connectivity index (χ1n) is 4.85. The first-order chi connectivity index (χ1) is 6.90. The Labute approximate surface area is 83.9 Å². The molecule has 0 fully saturated rings. The van der Waals surface area contributed by atoms with Crippen LogP contribution in [-0.4, -0.2) is 6.61 Å². The summed E-state index contributed by atoms with van der Waals surface area (Å²) in [7, 11) is 0. The maximum Gasteiger partial charge on any atom is 0.0960 e. The Bertz CT molecular complexity index is 322. The summed E-state index contributed by atoms with van der Waals surface area (Å²) in [4.78, 5) is 0. The Hall–Kier alpha value is -1.28. The summed E-state index contributed by atoms with van der Waals surface area (Å²) in [6.07, 6.45) is 9.70. The van der Waals surface area contributed by atoms with Crippen molar-refractivity contribution in [2.24, 2.45) is 0 Å². The lowest BCUT2D eigenvalue weighted by molar-refractivity contribution is 0.0692. The molecule has 2 heterocycles. The predicted molar refractivity (Wildman–Crippen MR) is 54.9 cm³/mol. The highest BCUT2D eigenvalue weighted by molar-refractivity contribution is 5.19. The molecule has 1 atom stereocenters. The summed E-state index contributed by atoms with van der Waals surface area (Å²) in [5.74, 6) is 0. The molecular formula is C12H14O2. The SMILES string of the molecule is C=CC1=CCCC(c2ccoc2)OC1. The molecule has 1 aromatic heterocycles. The molecule has 1 unspecified atom stereocenters. The van der Waals surface area contributed by atoms with Crippen molar-refractivity contribution in [1.29, 1.82) is 0 Å². The summed E-state index contributed by atoms with van der Waals surface area (Å²) in [5.41, 5.74) is 2.31. The smallest absolute Gasteiger partial charge is 0.0960 e. The fourth-order valence-corrected chi connectivity index (χ4v) is 1.62. The minimum absolute atomic E-state index is 0.169. The fraction of sp³-hybridized carbons (Fsp3) is 0.333. The van der Waals surface area contributed by atoms with Crippen LogP contribution in [0.2, 0.25) is 0 Å². The lowest BCUT2D eigenvalue weighted by Crippen LogP contribution is -2.02. The second kappa shape index (κ2) is 4.29. The van der Waals surface area contributed by atoms with Gasteiger partial charge in [0.05, 0.1) is 25.2 Å².